The molecular weight excluding hydrogens is 182 g/mol. The highest BCUT2D eigenvalue weighted by molar-refractivity contribution is 5.84. The molecule has 4 nitrogen and oxygen atoms in total. The Hall–Kier alpha value is -0.900. The highest BCUT2D eigenvalue weighted by Crippen LogP contribution is 2.25. The van der Waals surface area contributed by atoms with Crippen LogP contribution in [0.3, 0.4) is 0 Å². The van der Waals surface area contributed by atoms with E-state index in [4.69, 9.17) is 0 Å². The Morgan fingerprint density at radius 1 is 1.71 bits per heavy atom. The number of hydrogen-bond acceptors (Lipinski definition) is 4. The topological polar surface area (TPSA) is 55.4 Å². The summed E-state index contributed by atoms with van der Waals surface area (Å²) in [6.45, 7) is 0. The summed E-state index contributed by atoms with van der Waals surface area (Å²) >= 11 is 0. The standard InChI is InChI=1S/C10H17NO3/c1-11-8(10(13)14-2)6-7-4-3-5-9(7)12/h7-8,11H,3-6H2,1-2H3. The number of Topliss-reactive ketones (excluding diaryl/α,β-unsaturated/α-hetero) is 1. The van der Waals surface area contributed by atoms with Crippen LogP contribution >= 0.6 is 0 Å². The number of esters is 1. The van der Waals surface area contributed by atoms with Crippen LogP contribution in [0.15, 0.2) is 0 Å². The van der Waals surface area contributed by atoms with Crippen LogP contribution in [-0.4, -0.2) is 32.0 Å². The van der Waals surface area contributed by atoms with E-state index < -0.39 is 0 Å². The number of nitrogens with one attached hydrogen (secondary N) is 1. The molecule has 0 heterocycles. The summed E-state index contributed by atoms with van der Waals surface area (Å²) in [5.74, 6) is 0.0490. The van der Waals surface area contributed by atoms with Crippen molar-refractivity contribution >= 4 is 11.8 Å². The van der Waals surface area contributed by atoms with E-state index in [2.05, 4.69) is 10.1 Å². The van der Waals surface area contributed by atoms with E-state index in [1.165, 1.54) is 7.11 Å². The monoisotopic (exact) mass is 199 g/mol. The summed E-state index contributed by atoms with van der Waals surface area (Å²) in [5.41, 5.74) is 0. The normalized spacial score (nSPS) is 23.6. The summed E-state index contributed by atoms with van der Waals surface area (Å²) < 4.78 is 4.64. The maximum absolute atomic E-state index is 11.4. The molecule has 0 saturated heterocycles. The second-order valence-electron chi connectivity index (χ2n) is 3.66. The molecule has 0 amide bonds. The lowest BCUT2D eigenvalue weighted by Gasteiger charge is -2.16. The largest absolute Gasteiger partial charge is 0.468 e. The van der Waals surface area contributed by atoms with Gasteiger partial charge in [-0.15, -0.1) is 0 Å². The van der Waals surface area contributed by atoms with Gasteiger partial charge in [-0.25, -0.2) is 0 Å². The second kappa shape index (κ2) is 5.10. The molecule has 2 unspecified atom stereocenters. The number of ketones is 1. The van der Waals surface area contributed by atoms with Crippen molar-refractivity contribution in [2.45, 2.75) is 31.7 Å². The van der Waals surface area contributed by atoms with Crippen molar-refractivity contribution in [3.05, 3.63) is 0 Å². The SMILES string of the molecule is CNC(CC1CCCC1=O)C(=O)OC. The zero-order valence-electron chi connectivity index (χ0n) is 8.71. The minimum absolute atomic E-state index is 0.0477. The molecule has 1 aliphatic rings. The maximum Gasteiger partial charge on any atom is 0.322 e. The van der Waals surface area contributed by atoms with Crippen LogP contribution in [0.2, 0.25) is 0 Å². The van der Waals surface area contributed by atoms with Gasteiger partial charge < -0.3 is 10.1 Å². The van der Waals surface area contributed by atoms with Crippen molar-refractivity contribution in [1.82, 2.24) is 5.32 Å². The van der Waals surface area contributed by atoms with Crippen molar-refractivity contribution in [3.8, 4) is 0 Å². The third-order valence-corrected chi connectivity index (χ3v) is 2.79. The molecule has 0 spiro atoms. The van der Waals surface area contributed by atoms with Crippen LogP contribution < -0.4 is 5.32 Å². The van der Waals surface area contributed by atoms with Gasteiger partial charge in [-0.1, -0.05) is 0 Å². The van der Waals surface area contributed by atoms with Crippen molar-refractivity contribution in [2.24, 2.45) is 5.92 Å². The zero-order valence-corrected chi connectivity index (χ0v) is 8.71. The van der Waals surface area contributed by atoms with Gasteiger partial charge in [0.1, 0.15) is 11.8 Å². The van der Waals surface area contributed by atoms with E-state index in [1.807, 2.05) is 0 Å². The minimum Gasteiger partial charge on any atom is -0.468 e. The van der Waals surface area contributed by atoms with Gasteiger partial charge in [-0.05, 0) is 26.3 Å². The lowest BCUT2D eigenvalue weighted by Crippen LogP contribution is -2.37. The first-order valence-electron chi connectivity index (χ1n) is 4.96. The molecule has 0 aromatic heterocycles. The smallest absolute Gasteiger partial charge is 0.322 e. The molecule has 1 rings (SSSR count). The van der Waals surface area contributed by atoms with Gasteiger partial charge in [-0.3, -0.25) is 9.59 Å². The van der Waals surface area contributed by atoms with Crippen molar-refractivity contribution in [1.29, 1.82) is 0 Å². The quantitative estimate of drug-likeness (QED) is 0.670. The van der Waals surface area contributed by atoms with E-state index in [-0.39, 0.29) is 23.7 Å². The molecule has 1 N–H and O–H groups in total. The maximum atomic E-state index is 11.4. The van der Waals surface area contributed by atoms with Crippen LogP contribution in [0.25, 0.3) is 0 Å². The van der Waals surface area contributed by atoms with Gasteiger partial charge in [0, 0.05) is 12.3 Å². The highest BCUT2D eigenvalue weighted by Gasteiger charge is 2.29. The van der Waals surface area contributed by atoms with Crippen LogP contribution in [0.4, 0.5) is 0 Å². The summed E-state index contributed by atoms with van der Waals surface area (Å²) in [6, 6.07) is -0.341. The van der Waals surface area contributed by atoms with E-state index in [0.29, 0.717) is 12.8 Å². The van der Waals surface area contributed by atoms with Crippen molar-refractivity contribution < 1.29 is 14.3 Å². The Kier molecular flexibility index (Phi) is 4.07. The molecule has 4 heteroatoms. The Labute approximate surface area is 84.0 Å². The molecule has 1 saturated carbocycles. The minimum atomic E-state index is -0.341. The van der Waals surface area contributed by atoms with E-state index >= 15 is 0 Å². The Balaban J connectivity index is 2.47. The van der Waals surface area contributed by atoms with E-state index in [9.17, 15) is 9.59 Å². The first kappa shape index (κ1) is 11.2. The van der Waals surface area contributed by atoms with Gasteiger partial charge in [0.25, 0.3) is 0 Å². The fourth-order valence-electron chi connectivity index (χ4n) is 1.90. The summed E-state index contributed by atoms with van der Waals surface area (Å²) in [4.78, 5) is 22.6. The van der Waals surface area contributed by atoms with Crippen LogP contribution in [0, 0.1) is 5.92 Å². The molecule has 2 atom stereocenters. The average molecular weight is 199 g/mol. The van der Waals surface area contributed by atoms with Gasteiger partial charge in [0.15, 0.2) is 0 Å². The molecule has 0 aromatic rings. The molecule has 0 radical (unpaired) electrons. The molecule has 0 aromatic carbocycles. The number of ether oxygens (including phenoxy) is 1. The first-order chi connectivity index (χ1) is 6.69. The number of carbonyl (C=O) groups excluding carboxylic acids is 2. The fraction of sp³-hybridized carbons (Fsp3) is 0.800. The predicted molar refractivity (Wildman–Crippen MR) is 51.8 cm³/mol. The Morgan fingerprint density at radius 3 is 2.86 bits per heavy atom. The number of likely N-dealkylation sites (N-methyl/N-ethyl adjacent to an activating group) is 1. The van der Waals surface area contributed by atoms with Crippen molar-refractivity contribution in [2.75, 3.05) is 14.2 Å². The summed E-state index contributed by atoms with van der Waals surface area (Å²) in [5, 5.41) is 2.87. The van der Waals surface area contributed by atoms with Gasteiger partial charge in [0.2, 0.25) is 0 Å². The lowest BCUT2D eigenvalue weighted by molar-refractivity contribution is -0.143. The van der Waals surface area contributed by atoms with Crippen LogP contribution in [-0.2, 0) is 14.3 Å². The van der Waals surface area contributed by atoms with Crippen molar-refractivity contribution in [3.63, 3.8) is 0 Å². The van der Waals surface area contributed by atoms with Gasteiger partial charge in [-0.2, -0.15) is 0 Å². The fourth-order valence-corrected chi connectivity index (χ4v) is 1.90. The third-order valence-electron chi connectivity index (χ3n) is 2.79. The number of rotatable bonds is 4. The van der Waals surface area contributed by atoms with Gasteiger partial charge in [0.05, 0.1) is 7.11 Å². The van der Waals surface area contributed by atoms with Crippen LogP contribution in [0.5, 0.6) is 0 Å². The Morgan fingerprint density at radius 2 is 2.43 bits per heavy atom. The molecule has 1 aliphatic carbocycles. The third kappa shape index (κ3) is 2.54. The predicted octanol–water partition coefficient (Wildman–Crippen LogP) is 0.507. The number of methoxy groups -OCH3 is 1. The molecular formula is C10H17NO3. The lowest BCUT2D eigenvalue weighted by atomic mass is 9.98. The average Bonchev–Trinajstić information content (AvgIpc) is 2.59. The molecule has 14 heavy (non-hydrogen) atoms. The zero-order chi connectivity index (χ0) is 10.6. The van der Waals surface area contributed by atoms with Crippen LogP contribution in [0.1, 0.15) is 25.7 Å². The number of carbonyl (C=O) groups is 2. The Bertz CT molecular complexity index is 227. The second-order valence-corrected chi connectivity index (χ2v) is 3.66. The van der Waals surface area contributed by atoms with E-state index in [1.54, 1.807) is 7.05 Å². The molecule has 0 bridgehead atoms. The highest BCUT2D eigenvalue weighted by atomic mass is 16.5. The first-order valence-corrected chi connectivity index (χ1v) is 4.96. The molecule has 80 valence electrons. The number of hydrogen-bond donors (Lipinski definition) is 1. The summed E-state index contributed by atoms with van der Waals surface area (Å²) in [6.07, 6.45) is 3.11. The van der Waals surface area contributed by atoms with E-state index in [0.717, 1.165) is 12.8 Å². The summed E-state index contributed by atoms with van der Waals surface area (Å²) in [7, 11) is 3.07. The molecule has 1 fully saturated rings. The van der Waals surface area contributed by atoms with Gasteiger partial charge >= 0.3 is 5.97 Å². The molecule has 0 aliphatic heterocycles.